The maximum Gasteiger partial charge on any atom is 0.573 e. The van der Waals surface area contributed by atoms with E-state index >= 15 is 0 Å². The third-order valence-electron chi connectivity index (χ3n) is 5.30. The number of H-pyrrole nitrogens is 1. The topological polar surface area (TPSA) is 79.5 Å². The number of sulfonamides is 1. The Labute approximate surface area is 203 Å². The predicted octanol–water partition coefficient (Wildman–Crippen LogP) is 5.48. The second-order valence-corrected chi connectivity index (χ2v) is 9.49. The van der Waals surface area contributed by atoms with E-state index in [4.69, 9.17) is 0 Å². The van der Waals surface area contributed by atoms with Gasteiger partial charge in [-0.1, -0.05) is 42.5 Å². The normalized spacial score (nSPS) is 12.1. The molecule has 14 heteroatoms. The Balaban J connectivity index is 1.86. The van der Waals surface area contributed by atoms with Gasteiger partial charge < -0.3 is 9.72 Å². The molecule has 6 nitrogen and oxygen atoms in total. The zero-order chi connectivity index (χ0) is 27.3. The molecule has 1 heterocycles. The van der Waals surface area contributed by atoms with E-state index in [0.717, 1.165) is 11.6 Å². The van der Waals surface area contributed by atoms with Gasteiger partial charge in [-0.05, 0) is 28.6 Å². The summed E-state index contributed by atoms with van der Waals surface area (Å²) in [4.78, 5) is 12.6. The van der Waals surface area contributed by atoms with E-state index in [1.165, 1.54) is 12.1 Å². The number of hydrogen-bond donors (Lipinski definition) is 1. The van der Waals surface area contributed by atoms with Crippen molar-refractivity contribution in [1.82, 2.24) is 4.98 Å². The number of halogens is 7. The quantitative estimate of drug-likeness (QED) is 0.205. The number of aromatic amines is 1. The number of aromatic nitrogens is 1. The van der Waals surface area contributed by atoms with E-state index < -0.39 is 61.7 Å². The standard InChI is InChI=1S/C23H13F7N2O4S/c1-32(37(34,35)21-19(27)17(25)16(24)18(26)20(21)36-23(28,29)30)15-10-13-8-7-12(9-14(13)22(33)31-15)11-5-3-2-4-6-11/h2-10H,1H3,(H,31,33). The third kappa shape index (κ3) is 4.71. The summed E-state index contributed by atoms with van der Waals surface area (Å²) in [5, 5.41) is 0.270. The molecular formula is C23H13F7N2O4S. The summed E-state index contributed by atoms with van der Waals surface area (Å²) in [6.07, 6.45) is -5.80. The summed E-state index contributed by atoms with van der Waals surface area (Å²) in [5.74, 6) is -13.8. The zero-order valence-electron chi connectivity index (χ0n) is 18.3. The van der Waals surface area contributed by atoms with Crippen molar-refractivity contribution < 1.29 is 43.9 Å². The van der Waals surface area contributed by atoms with E-state index in [1.54, 1.807) is 36.4 Å². The molecular weight excluding hydrogens is 533 g/mol. The van der Waals surface area contributed by atoms with Gasteiger partial charge in [0.05, 0.1) is 0 Å². The molecule has 37 heavy (non-hydrogen) atoms. The Kier molecular flexibility index (Phi) is 6.40. The molecule has 0 aliphatic rings. The van der Waals surface area contributed by atoms with Gasteiger partial charge in [-0.15, -0.1) is 13.2 Å². The minimum Gasteiger partial charge on any atom is -0.401 e. The molecule has 4 aromatic rings. The highest BCUT2D eigenvalue weighted by Crippen LogP contribution is 2.39. The summed E-state index contributed by atoms with van der Waals surface area (Å²) in [5.41, 5.74) is 0.567. The number of pyridine rings is 1. The van der Waals surface area contributed by atoms with Gasteiger partial charge in [0.15, 0.2) is 22.3 Å². The minimum absolute atomic E-state index is 0.0668. The summed E-state index contributed by atoms with van der Waals surface area (Å²) in [7, 11) is -4.94. The first-order chi connectivity index (χ1) is 17.2. The molecule has 0 spiro atoms. The van der Waals surface area contributed by atoms with Crippen LogP contribution in [0.5, 0.6) is 5.75 Å². The molecule has 0 unspecified atom stereocenters. The fraction of sp³-hybridized carbons (Fsp3) is 0.0870. The highest BCUT2D eigenvalue weighted by Gasteiger charge is 2.42. The number of nitrogens with one attached hydrogen (secondary N) is 1. The SMILES string of the molecule is CN(c1cc2ccc(-c3ccccc3)cc2c(=O)[nH]1)S(=O)(=O)c1c(F)c(F)c(F)c(F)c1OC(F)(F)F. The molecule has 0 aliphatic heterocycles. The molecule has 0 radical (unpaired) electrons. The van der Waals surface area contributed by atoms with Crippen molar-refractivity contribution in [2.45, 2.75) is 11.3 Å². The van der Waals surface area contributed by atoms with Crippen LogP contribution < -0.4 is 14.6 Å². The number of nitrogens with zero attached hydrogens (tertiary/aromatic N) is 1. The van der Waals surface area contributed by atoms with Crippen LogP contribution in [0.4, 0.5) is 36.6 Å². The first kappa shape index (κ1) is 26.0. The van der Waals surface area contributed by atoms with Gasteiger partial charge >= 0.3 is 6.36 Å². The van der Waals surface area contributed by atoms with Gasteiger partial charge in [0.25, 0.3) is 15.6 Å². The maximum atomic E-state index is 14.5. The molecule has 3 aromatic carbocycles. The van der Waals surface area contributed by atoms with Crippen molar-refractivity contribution >= 4 is 26.6 Å². The van der Waals surface area contributed by atoms with Crippen molar-refractivity contribution in [2.24, 2.45) is 0 Å². The van der Waals surface area contributed by atoms with E-state index in [0.29, 0.717) is 12.6 Å². The largest absolute Gasteiger partial charge is 0.573 e. The van der Waals surface area contributed by atoms with Crippen LogP contribution in [-0.2, 0) is 10.0 Å². The van der Waals surface area contributed by atoms with Crippen molar-refractivity contribution in [1.29, 1.82) is 0 Å². The Morgan fingerprint density at radius 1 is 0.838 bits per heavy atom. The van der Waals surface area contributed by atoms with Crippen LogP contribution in [0, 0.1) is 23.3 Å². The van der Waals surface area contributed by atoms with Gasteiger partial charge in [-0.2, -0.15) is 4.39 Å². The lowest BCUT2D eigenvalue weighted by Gasteiger charge is -2.22. The molecule has 1 aromatic heterocycles. The maximum absolute atomic E-state index is 14.5. The van der Waals surface area contributed by atoms with Crippen LogP contribution in [0.1, 0.15) is 0 Å². The molecule has 0 fully saturated rings. The number of rotatable bonds is 5. The Hall–Kier alpha value is -4.07. The Morgan fingerprint density at radius 3 is 2.08 bits per heavy atom. The highest BCUT2D eigenvalue weighted by molar-refractivity contribution is 7.92. The summed E-state index contributed by atoms with van der Waals surface area (Å²) in [6, 6.07) is 14.5. The second kappa shape index (κ2) is 9.10. The van der Waals surface area contributed by atoms with Crippen LogP contribution in [0.2, 0.25) is 0 Å². The van der Waals surface area contributed by atoms with E-state index in [1.807, 2.05) is 0 Å². The molecule has 1 N–H and O–H groups in total. The van der Waals surface area contributed by atoms with Gasteiger partial charge in [-0.25, -0.2) is 21.6 Å². The summed E-state index contributed by atoms with van der Waals surface area (Å²) >= 11 is 0. The average molecular weight is 546 g/mol. The molecule has 0 atom stereocenters. The highest BCUT2D eigenvalue weighted by atomic mass is 32.2. The zero-order valence-corrected chi connectivity index (χ0v) is 19.1. The van der Waals surface area contributed by atoms with Gasteiger partial charge in [0.2, 0.25) is 11.6 Å². The molecule has 4 rings (SSSR count). The fourth-order valence-corrected chi connectivity index (χ4v) is 4.83. The average Bonchev–Trinajstić information content (AvgIpc) is 2.85. The summed E-state index contributed by atoms with van der Waals surface area (Å²) in [6.45, 7) is 0. The second-order valence-electron chi connectivity index (χ2n) is 7.59. The van der Waals surface area contributed by atoms with Gasteiger partial charge in [-0.3, -0.25) is 9.10 Å². The third-order valence-corrected chi connectivity index (χ3v) is 7.10. The number of anilines is 1. The van der Waals surface area contributed by atoms with Crippen LogP contribution in [0.3, 0.4) is 0 Å². The lowest BCUT2D eigenvalue weighted by atomic mass is 10.0. The lowest BCUT2D eigenvalue weighted by Crippen LogP contribution is -2.32. The molecule has 194 valence electrons. The fourth-order valence-electron chi connectivity index (χ4n) is 3.52. The van der Waals surface area contributed by atoms with Crippen molar-refractivity contribution in [2.75, 3.05) is 11.4 Å². The first-order valence-electron chi connectivity index (χ1n) is 10.1. The van der Waals surface area contributed by atoms with Gasteiger partial charge in [0.1, 0.15) is 5.82 Å². The van der Waals surface area contributed by atoms with Crippen molar-refractivity contribution in [3.63, 3.8) is 0 Å². The minimum atomic E-state index is -5.80. The van der Waals surface area contributed by atoms with E-state index in [9.17, 15) is 43.9 Å². The number of benzene rings is 3. The molecule has 0 aliphatic carbocycles. The Bertz CT molecular complexity index is 1690. The van der Waals surface area contributed by atoms with Crippen molar-refractivity contribution in [3.8, 4) is 16.9 Å². The number of ether oxygens (including phenoxy) is 1. The van der Waals surface area contributed by atoms with E-state index in [2.05, 4.69) is 9.72 Å². The predicted molar refractivity (Wildman–Crippen MR) is 119 cm³/mol. The van der Waals surface area contributed by atoms with Crippen molar-refractivity contribution in [3.05, 3.63) is 88.2 Å². The molecule has 0 saturated carbocycles. The molecule has 0 bridgehead atoms. The monoisotopic (exact) mass is 546 g/mol. The Morgan fingerprint density at radius 2 is 1.46 bits per heavy atom. The number of fused-ring (bicyclic) bond motifs is 1. The van der Waals surface area contributed by atoms with Gasteiger partial charge in [0, 0.05) is 12.4 Å². The molecule has 0 saturated heterocycles. The smallest absolute Gasteiger partial charge is 0.401 e. The number of hydrogen-bond acceptors (Lipinski definition) is 4. The lowest BCUT2D eigenvalue weighted by molar-refractivity contribution is -0.276. The van der Waals surface area contributed by atoms with Crippen LogP contribution >= 0.6 is 0 Å². The van der Waals surface area contributed by atoms with E-state index in [-0.39, 0.29) is 15.1 Å². The van der Waals surface area contributed by atoms with Crippen LogP contribution in [0.25, 0.3) is 21.9 Å². The summed E-state index contributed by atoms with van der Waals surface area (Å²) < 4.78 is 124. The first-order valence-corrected chi connectivity index (χ1v) is 11.5. The van der Waals surface area contributed by atoms with Crippen LogP contribution in [0.15, 0.2) is 64.3 Å². The van der Waals surface area contributed by atoms with Crippen LogP contribution in [-0.4, -0.2) is 26.8 Å². The molecule has 0 amide bonds. The number of alkyl halides is 3.